The molecule has 1 fully saturated rings. The quantitative estimate of drug-likeness (QED) is 0.825. The van der Waals surface area contributed by atoms with Crippen LogP contribution in [0.4, 0.5) is 5.69 Å². The summed E-state index contributed by atoms with van der Waals surface area (Å²) >= 11 is 0. The van der Waals surface area contributed by atoms with Crippen LogP contribution in [0.15, 0.2) is 18.5 Å². The van der Waals surface area contributed by atoms with Crippen LogP contribution >= 0.6 is 0 Å². The Kier molecular flexibility index (Phi) is 3.24. The van der Waals surface area contributed by atoms with Gasteiger partial charge >= 0.3 is 0 Å². The number of anilines is 1. The van der Waals surface area contributed by atoms with Crippen LogP contribution in [0.2, 0.25) is 0 Å². The van der Waals surface area contributed by atoms with E-state index in [0.29, 0.717) is 17.3 Å². The van der Waals surface area contributed by atoms with Crippen LogP contribution in [0.1, 0.15) is 18.4 Å². The molecular formula is C12H14N4O. The second-order valence-corrected chi connectivity index (χ2v) is 4.20. The van der Waals surface area contributed by atoms with Crippen LogP contribution < -0.4 is 10.2 Å². The van der Waals surface area contributed by atoms with E-state index in [2.05, 4.69) is 16.4 Å². The summed E-state index contributed by atoms with van der Waals surface area (Å²) in [5.74, 6) is -0.0113. The molecule has 0 atom stereocenters. The van der Waals surface area contributed by atoms with E-state index in [9.17, 15) is 4.79 Å². The van der Waals surface area contributed by atoms with Crippen molar-refractivity contribution in [3.05, 3.63) is 24.0 Å². The van der Waals surface area contributed by atoms with E-state index in [-0.39, 0.29) is 12.5 Å². The lowest BCUT2D eigenvalue weighted by atomic mass is 10.2. The van der Waals surface area contributed by atoms with E-state index in [1.807, 2.05) is 0 Å². The molecule has 1 saturated carbocycles. The molecule has 5 nitrogen and oxygen atoms in total. The highest BCUT2D eigenvalue weighted by molar-refractivity contribution is 5.82. The Morgan fingerprint density at radius 3 is 3.12 bits per heavy atom. The predicted octanol–water partition coefficient (Wildman–Crippen LogP) is 0.668. The van der Waals surface area contributed by atoms with E-state index >= 15 is 0 Å². The lowest BCUT2D eigenvalue weighted by Gasteiger charge is -2.19. The number of pyridine rings is 1. The molecule has 1 heterocycles. The predicted molar refractivity (Wildman–Crippen MR) is 63.4 cm³/mol. The van der Waals surface area contributed by atoms with Gasteiger partial charge in [0.1, 0.15) is 6.07 Å². The number of carbonyl (C=O) groups is 1. The Balaban J connectivity index is 2.00. The molecule has 5 heteroatoms. The van der Waals surface area contributed by atoms with Crippen LogP contribution in [0, 0.1) is 11.3 Å². The average Bonchev–Trinajstić information content (AvgIpc) is 3.12. The first-order chi connectivity index (χ1) is 8.20. The Hall–Kier alpha value is -2.09. The third-order valence-corrected chi connectivity index (χ3v) is 2.65. The average molecular weight is 230 g/mol. The molecule has 1 aliphatic rings. The van der Waals surface area contributed by atoms with E-state index in [4.69, 9.17) is 5.26 Å². The highest BCUT2D eigenvalue weighted by Crippen LogP contribution is 2.19. The molecule has 0 bridgehead atoms. The minimum absolute atomic E-state index is 0.0113. The Morgan fingerprint density at radius 1 is 1.71 bits per heavy atom. The first kappa shape index (κ1) is 11.4. The fourth-order valence-electron chi connectivity index (χ4n) is 1.59. The van der Waals surface area contributed by atoms with Crippen molar-refractivity contribution < 1.29 is 4.79 Å². The van der Waals surface area contributed by atoms with Crippen molar-refractivity contribution in [2.75, 3.05) is 18.5 Å². The number of hydrogen-bond acceptors (Lipinski definition) is 4. The topological polar surface area (TPSA) is 69.0 Å². The van der Waals surface area contributed by atoms with E-state index in [1.54, 1.807) is 30.4 Å². The minimum atomic E-state index is -0.0113. The number of nitrogens with zero attached hydrogens (tertiary/aromatic N) is 3. The maximum Gasteiger partial charge on any atom is 0.239 e. The molecule has 88 valence electrons. The lowest BCUT2D eigenvalue weighted by molar-refractivity contribution is -0.119. The first-order valence-electron chi connectivity index (χ1n) is 5.55. The zero-order chi connectivity index (χ0) is 12.3. The number of rotatable bonds is 4. The zero-order valence-electron chi connectivity index (χ0n) is 9.68. The number of likely N-dealkylation sites (N-methyl/N-ethyl adjacent to an activating group) is 1. The van der Waals surface area contributed by atoms with Crippen LogP contribution in [-0.2, 0) is 4.79 Å². The third-order valence-electron chi connectivity index (χ3n) is 2.65. The SMILES string of the molecule is CN(CC(=O)NC1CC1)c1cnccc1C#N. The number of aromatic nitrogens is 1. The molecule has 0 aromatic carbocycles. The third kappa shape index (κ3) is 2.94. The van der Waals surface area contributed by atoms with Crippen LogP contribution in [-0.4, -0.2) is 30.5 Å². The van der Waals surface area contributed by atoms with Gasteiger partial charge in [-0.3, -0.25) is 9.78 Å². The van der Waals surface area contributed by atoms with E-state index in [0.717, 1.165) is 12.8 Å². The summed E-state index contributed by atoms with van der Waals surface area (Å²) in [5.41, 5.74) is 1.21. The highest BCUT2D eigenvalue weighted by atomic mass is 16.2. The number of carbonyl (C=O) groups excluding carboxylic acids is 1. The number of hydrogen-bond donors (Lipinski definition) is 1. The molecule has 0 saturated heterocycles. The van der Waals surface area contributed by atoms with Gasteiger partial charge < -0.3 is 10.2 Å². The Labute approximate surface area is 100 Å². The maximum atomic E-state index is 11.6. The molecule has 0 radical (unpaired) electrons. The van der Waals surface area contributed by atoms with Crippen molar-refractivity contribution >= 4 is 11.6 Å². The largest absolute Gasteiger partial charge is 0.363 e. The van der Waals surface area contributed by atoms with E-state index < -0.39 is 0 Å². The van der Waals surface area contributed by atoms with Gasteiger partial charge in [-0.15, -0.1) is 0 Å². The van der Waals surface area contributed by atoms with Crippen LogP contribution in [0.5, 0.6) is 0 Å². The summed E-state index contributed by atoms with van der Waals surface area (Å²) in [6.45, 7) is 0.247. The van der Waals surface area contributed by atoms with Gasteiger partial charge in [0, 0.05) is 19.3 Å². The fraction of sp³-hybridized carbons (Fsp3) is 0.417. The fourth-order valence-corrected chi connectivity index (χ4v) is 1.59. The molecule has 17 heavy (non-hydrogen) atoms. The number of nitrogens with one attached hydrogen (secondary N) is 1. The van der Waals surface area contributed by atoms with Gasteiger partial charge in [0.2, 0.25) is 5.91 Å². The molecule has 2 rings (SSSR count). The summed E-state index contributed by atoms with van der Waals surface area (Å²) in [6, 6.07) is 4.09. The first-order valence-corrected chi connectivity index (χ1v) is 5.55. The summed E-state index contributed by atoms with van der Waals surface area (Å²) in [6.07, 6.45) is 5.32. The molecular weight excluding hydrogens is 216 g/mol. The van der Waals surface area contributed by atoms with Crippen LogP contribution in [0.25, 0.3) is 0 Å². The van der Waals surface area contributed by atoms with Crippen molar-refractivity contribution in [2.45, 2.75) is 18.9 Å². The molecule has 1 aromatic heterocycles. The monoisotopic (exact) mass is 230 g/mol. The number of amides is 1. The summed E-state index contributed by atoms with van der Waals surface area (Å²) in [5, 5.41) is 11.9. The Bertz CT molecular complexity index is 462. The molecule has 1 aliphatic carbocycles. The smallest absolute Gasteiger partial charge is 0.239 e. The van der Waals surface area contributed by atoms with Gasteiger partial charge in [-0.25, -0.2) is 0 Å². The summed E-state index contributed by atoms with van der Waals surface area (Å²) in [4.78, 5) is 17.3. The van der Waals surface area contributed by atoms with Gasteiger partial charge in [0.05, 0.1) is 24.0 Å². The van der Waals surface area contributed by atoms with Gasteiger partial charge in [-0.05, 0) is 18.9 Å². The van der Waals surface area contributed by atoms with Gasteiger partial charge in [0.15, 0.2) is 0 Å². The highest BCUT2D eigenvalue weighted by Gasteiger charge is 2.23. The van der Waals surface area contributed by atoms with Gasteiger partial charge in [-0.2, -0.15) is 5.26 Å². The lowest BCUT2D eigenvalue weighted by Crippen LogP contribution is -2.36. The van der Waals surface area contributed by atoms with Crippen molar-refractivity contribution in [2.24, 2.45) is 0 Å². The summed E-state index contributed by atoms with van der Waals surface area (Å²) in [7, 11) is 1.78. The zero-order valence-corrected chi connectivity index (χ0v) is 9.68. The molecule has 0 spiro atoms. The molecule has 1 amide bonds. The number of nitriles is 1. The van der Waals surface area contributed by atoms with Crippen LogP contribution in [0.3, 0.4) is 0 Å². The molecule has 1 N–H and O–H groups in total. The second-order valence-electron chi connectivity index (χ2n) is 4.20. The second kappa shape index (κ2) is 4.83. The molecule has 0 unspecified atom stereocenters. The Morgan fingerprint density at radius 2 is 2.47 bits per heavy atom. The van der Waals surface area contributed by atoms with Crippen molar-refractivity contribution in [3.63, 3.8) is 0 Å². The van der Waals surface area contributed by atoms with Crippen molar-refractivity contribution in [1.82, 2.24) is 10.3 Å². The molecule has 1 aromatic rings. The van der Waals surface area contributed by atoms with Crippen molar-refractivity contribution in [1.29, 1.82) is 5.26 Å². The maximum absolute atomic E-state index is 11.6. The summed E-state index contributed by atoms with van der Waals surface area (Å²) < 4.78 is 0. The van der Waals surface area contributed by atoms with Gasteiger partial charge in [0.25, 0.3) is 0 Å². The van der Waals surface area contributed by atoms with Crippen molar-refractivity contribution in [3.8, 4) is 6.07 Å². The minimum Gasteiger partial charge on any atom is -0.363 e. The normalized spacial score (nSPS) is 13.9. The van der Waals surface area contributed by atoms with Gasteiger partial charge in [-0.1, -0.05) is 0 Å². The molecule has 0 aliphatic heterocycles. The van der Waals surface area contributed by atoms with E-state index in [1.165, 1.54) is 0 Å². The standard InChI is InChI=1S/C12H14N4O/c1-16(8-12(17)15-10-2-3-10)11-7-14-5-4-9(11)6-13/h4-5,7,10H,2-3,8H2,1H3,(H,15,17).